The third kappa shape index (κ3) is 2.21. The first-order valence-electron chi connectivity index (χ1n) is 6.44. The van der Waals surface area contributed by atoms with Crippen LogP contribution in [0, 0.1) is 10.8 Å². The summed E-state index contributed by atoms with van der Waals surface area (Å²) in [5.41, 5.74) is 0.0646. The second kappa shape index (κ2) is 4.47. The average molecular weight is 277 g/mol. The SMILES string of the molecule is CC1(C)C(NC(=O)Nc2cccnc2C(=O)O)C1(C)C. The number of carboxylic acids is 1. The van der Waals surface area contributed by atoms with Crippen molar-refractivity contribution in [1.29, 1.82) is 0 Å². The van der Waals surface area contributed by atoms with Gasteiger partial charge in [-0.2, -0.15) is 0 Å². The molecule has 1 aliphatic rings. The second-order valence-corrected chi connectivity index (χ2v) is 6.18. The van der Waals surface area contributed by atoms with Gasteiger partial charge in [-0.3, -0.25) is 0 Å². The van der Waals surface area contributed by atoms with Crippen LogP contribution in [0.2, 0.25) is 0 Å². The quantitative estimate of drug-likeness (QED) is 0.790. The number of hydrogen-bond acceptors (Lipinski definition) is 3. The van der Waals surface area contributed by atoms with E-state index in [2.05, 4.69) is 43.3 Å². The molecule has 0 saturated heterocycles. The van der Waals surface area contributed by atoms with Crippen LogP contribution in [0.15, 0.2) is 18.3 Å². The molecule has 1 aromatic heterocycles. The predicted octanol–water partition coefficient (Wildman–Crippen LogP) is 2.34. The first-order valence-corrected chi connectivity index (χ1v) is 6.44. The Hall–Kier alpha value is -2.11. The van der Waals surface area contributed by atoms with Gasteiger partial charge in [-0.05, 0) is 23.0 Å². The van der Waals surface area contributed by atoms with Gasteiger partial charge >= 0.3 is 12.0 Å². The van der Waals surface area contributed by atoms with Gasteiger partial charge in [-0.1, -0.05) is 27.7 Å². The Labute approximate surface area is 117 Å². The maximum atomic E-state index is 12.0. The van der Waals surface area contributed by atoms with Crippen molar-refractivity contribution in [2.24, 2.45) is 10.8 Å². The van der Waals surface area contributed by atoms with Gasteiger partial charge in [-0.25, -0.2) is 14.6 Å². The smallest absolute Gasteiger partial charge is 0.356 e. The molecule has 2 amide bonds. The molecule has 3 N–H and O–H groups in total. The normalized spacial score (nSPS) is 19.2. The molecular formula is C14H19N3O3. The highest BCUT2D eigenvalue weighted by Gasteiger charge is 2.65. The maximum Gasteiger partial charge on any atom is 0.356 e. The van der Waals surface area contributed by atoms with Gasteiger partial charge in [0.1, 0.15) is 0 Å². The predicted molar refractivity (Wildman–Crippen MR) is 74.7 cm³/mol. The van der Waals surface area contributed by atoms with Crippen LogP contribution in [-0.4, -0.2) is 28.1 Å². The van der Waals surface area contributed by atoms with E-state index in [9.17, 15) is 9.59 Å². The Morgan fingerprint density at radius 2 is 1.85 bits per heavy atom. The van der Waals surface area contributed by atoms with Crippen molar-refractivity contribution >= 4 is 17.7 Å². The molecule has 1 aromatic rings. The van der Waals surface area contributed by atoms with Crippen LogP contribution in [-0.2, 0) is 0 Å². The molecule has 1 saturated carbocycles. The zero-order valence-electron chi connectivity index (χ0n) is 12.0. The Morgan fingerprint density at radius 3 is 2.35 bits per heavy atom. The van der Waals surface area contributed by atoms with E-state index in [1.54, 1.807) is 6.07 Å². The minimum absolute atomic E-state index is 0.0227. The second-order valence-electron chi connectivity index (χ2n) is 6.18. The monoisotopic (exact) mass is 277 g/mol. The lowest BCUT2D eigenvalue weighted by atomic mass is 10.0. The van der Waals surface area contributed by atoms with Gasteiger partial charge in [0.2, 0.25) is 0 Å². The molecule has 0 aliphatic heterocycles. The summed E-state index contributed by atoms with van der Waals surface area (Å²) in [6.07, 6.45) is 1.37. The van der Waals surface area contributed by atoms with E-state index in [4.69, 9.17) is 5.11 Å². The Kier molecular flexibility index (Phi) is 3.20. The molecular weight excluding hydrogens is 258 g/mol. The van der Waals surface area contributed by atoms with Crippen LogP contribution in [0.25, 0.3) is 0 Å². The number of hydrogen-bond donors (Lipinski definition) is 3. The first kappa shape index (κ1) is 14.3. The lowest BCUT2D eigenvalue weighted by molar-refractivity contribution is 0.0691. The number of anilines is 1. The Morgan fingerprint density at radius 1 is 1.25 bits per heavy atom. The molecule has 0 unspecified atom stereocenters. The summed E-state index contributed by atoms with van der Waals surface area (Å²) in [7, 11) is 0. The number of carboxylic acid groups (broad SMARTS) is 1. The number of carbonyl (C=O) groups excluding carboxylic acids is 1. The lowest BCUT2D eigenvalue weighted by Crippen LogP contribution is -2.34. The topological polar surface area (TPSA) is 91.3 Å². The summed E-state index contributed by atoms with van der Waals surface area (Å²) < 4.78 is 0. The molecule has 108 valence electrons. The minimum Gasteiger partial charge on any atom is -0.476 e. The number of urea groups is 1. The summed E-state index contributed by atoms with van der Waals surface area (Å²) in [4.78, 5) is 26.7. The van der Waals surface area contributed by atoms with Crippen molar-refractivity contribution in [3.63, 3.8) is 0 Å². The summed E-state index contributed by atoms with van der Waals surface area (Å²) in [6, 6.07) is 2.73. The molecule has 0 bridgehead atoms. The molecule has 0 spiro atoms. The van der Waals surface area contributed by atoms with Gasteiger partial charge in [0, 0.05) is 12.2 Å². The fourth-order valence-electron chi connectivity index (χ4n) is 2.52. The highest BCUT2D eigenvalue weighted by molar-refractivity contribution is 5.98. The van der Waals surface area contributed by atoms with E-state index in [0.717, 1.165) is 0 Å². The van der Waals surface area contributed by atoms with Crippen molar-refractivity contribution in [3.8, 4) is 0 Å². The van der Waals surface area contributed by atoms with E-state index in [1.165, 1.54) is 12.3 Å². The van der Waals surface area contributed by atoms with Crippen molar-refractivity contribution in [2.75, 3.05) is 5.32 Å². The molecule has 2 rings (SSSR count). The average Bonchev–Trinajstić information content (AvgIpc) is 2.72. The van der Waals surface area contributed by atoms with Gasteiger partial charge in [0.25, 0.3) is 0 Å². The van der Waals surface area contributed by atoms with Gasteiger partial charge in [0.05, 0.1) is 5.69 Å². The molecule has 0 atom stereocenters. The number of nitrogens with one attached hydrogen (secondary N) is 2. The molecule has 1 fully saturated rings. The van der Waals surface area contributed by atoms with Crippen LogP contribution in [0.4, 0.5) is 10.5 Å². The number of rotatable bonds is 3. The highest BCUT2D eigenvalue weighted by Crippen LogP contribution is 2.62. The van der Waals surface area contributed by atoms with Crippen LogP contribution in [0.5, 0.6) is 0 Å². The molecule has 6 nitrogen and oxygen atoms in total. The number of amides is 2. The standard InChI is InChI=1S/C14H19N3O3/c1-13(2)11(14(13,3)4)17-12(20)16-8-6-5-7-15-9(8)10(18)19/h5-7,11H,1-4H3,(H,18,19)(H2,16,17,20). The largest absolute Gasteiger partial charge is 0.476 e. The highest BCUT2D eigenvalue weighted by atomic mass is 16.4. The summed E-state index contributed by atoms with van der Waals surface area (Å²) in [5, 5.41) is 14.4. The van der Waals surface area contributed by atoms with Gasteiger partial charge < -0.3 is 15.7 Å². The van der Waals surface area contributed by atoms with E-state index < -0.39 is 12.0 Å². The van der Waals surface area contributed by atoms with E-state index in [0.29, 0.717) is 0 Å². The molecule has 1 heterocycles. The van der Waals surface area contributed by atoms with Crippen molar-refractivity contribution < 1.29 is 14.7 Å². The summed E-state index contributed by atoms with van der Waals surface area (Å²) in [5.74, 6) is -1.17. The fourth-order valence-corrected chi connectivity index (χ4v) is 2.52. The maximum absolute atomic E-state index is 12.0. The number of pyridine rings is 1. The van der Waals surface area contributed by atoms with Crippen molar-refractivity contribution in [3.05, 3.63) is 24.0 Å². The zero-order chi connectivity index (χ0) is 15.1. The lowest BCUT2D eigenvalue weighted by Gasteiger charge is -2.10. The summed E-state index contributed by atoms with van der Waals surface area (Å²) >= 11 is 0. The van der Waals surface area contributed by atoms with Crippen LogP contribution < -0.4 is 10.6 Å². The first-order chi connectivity index (χ1) is 9.18. The Bertz CT molecular complexity index is 553. The van der Waals surface area contributed by atoms with Crippen molar-refractivity contribution in [1.82, 2.24) is 10.3 Å². The molecule has 20 heavy (non-hydrogen) atoms. The van der Waals surface area contributed by atoms with Gasteiger partial charge in [-0.15, -0.1) is 0 Å². The van der Waals surface area contributed by atoms with E-state index in [1.807, 2.05) is 0 Å². The zero-order valence-corrected chi connectivity index (χ0v) is 12.0. The third-order valence-electron chi connectivity index (χ3n) is 4.55. The Balaban J connectivity index is 2.05. The molecule has 6 heteroatoms. The van der Waals surface area contributed by atoms with Crippen molar-refractivity contribution in [2.45, 2.75) is 33.7 Å². The van der Waals surface area contributed by atoms with Crippen LogP contribution in [0.3, 0.4) is 0 Å². The minimum atomic E-state index is -1.17. The van der Waals surface area contributed by atoms with Crippen LogP contribution in [0.1, 0.15) is 38.2 Å². The number of aromatic nitrogens is 1. The fraction of sp³-hybridized carbons (Fsp3) is 0.500. The van der Waals surface area contributed by atoms with Crippen LogP contribution >= 0.6 is 0 Å². The number of aromatic carboxylic acids is 1. The molecule has 0 radical (unpaired) electrons. The number of nitrogens with zero attached hydrogens (tertiary/aromatic N) is 1. The molecule has 0 aromatic carbocycles. The van der Waals surface area contributed by atoms with E-state index in [-0.39, 0.29) is 28.3 Å². The molecule has 1 aliphatic carbocycles. The number of carbonyl (C=O) groups is 2. The summed E-state index contributed by atoms with van der Waals surface area (Å²) in [6.45, 7) is 8.35. The van der Waals surface area contributed by atoms with E-state index >= 15 is 0 Å². The third-order valence-corrected chi connectivity index (χ3v) is 4.55. The van der Waals surface area contributed by atoms with Gasteiger partial charge in [0.15, 0.2) is 5.69 Å².